The Morgan fingerprint density at radius 1 is 1.19 bits per heavy atom. The first-order valence-corrected chi connectivity index (χ1v) is 7.55. The molecule has 3 N–H and O–H groups in total. The molecule has 0 radical (unpaired) electrons. The lowest BCUT2D eigenvalue weighted by atomic mass is 9.86. The Bertz CT molecular complexity index is 233. The van der Waals surface area contributed by atoms with E-state index < -0.39 is 0 Å². The third-order valence-electron chi connectivity index (χ3n) is 3.65. The van der Waals surface area contributed by atoms with Gasteiger partial charge in [-0.15, -0.1) is 0 Å². The van der Waals surface area contributed by atoms with Crippen LogP contribution in [0.5, 0.6) is 0 Å². The van der Waals surface area contributed by atoms with Gasteiger partial charge in [-0.05, 0) is 44.3 Å². The number of thioether (sulfide) groups is 1. The monoisotopic (exact) mass is 242 g/mol. The Balaban J connectivity index is 1.74. The number of nitrogens with two attached hydrogens (primary N) is 1. The topological polar surface area (TPSA) is 55.1 Å². The van der Waals surface area contributed by atoms with E-state index in [-0.39, 0.29) is 11.8 Å². The molecule has 1 amide bonds. The zero-order valence-electron chi connectivity index (χ0n) is 9.78. The second kappa shape index (κ2) is 5.92. The van der Waals surface area contributed by atoms with E-state index in [4.69, 9.17) is 5.73 Å². The highest BCUT2D eigenvalue weighted by Gasteiger charge is 2.26. The van der Waals surface area contributed by atoms with Crippen LogP contribution >= 0.6 is 11.8 Å². The molecular formula is C12H22N2OS. The van der Waals surface area contributed by atoms with Crippen LogP contribution in [0.4, 0.5) is 0 Å². The molecule has 1 heterocycles. The molecular weight excluding hydrogens is 220 g/mol. The summed E-state index contributed by atoms with van der Waals surface area (Å²) in [6.07, 6.45) is 6.38. The van der Waals surface area contributed by atoms with Gasteiger partial charge >= 0.3 is 0 Å². The van der Waals surface area contributed by atoms with E-state index in [1.54, 1.807) is 0 Å². The van der Waals surface area contributed by atoms with Gasteiger partial charge in [0.25, 0.3) is 0 Å². The third kappa shape index (κ3) is 3.39. The first-order chi connectivity index (χ1) is 7.75. The highest BCUT2D eigenvalue weighted by atomic mass is 32.2. The first-order valence-electron chi connectivity index (χ1n) is 6.39. The van der Waals surface area contributed by atoms with Gasteiger partial charge in [-0.2, -0.15) is 11.8 Å². The lowest BCUT2D eigenvalue weighted by Gasteiger charge is -2.28. The highest BCUT2D eigenvalue weighted by Crippen LogP contribution is 2.24. The summed E-state index contributed by atoms with van der Waals surface area (Å²) in [6, 6.07) is 0.746. The molecule has 1 unspecified atom stereocenters. The second-order valence-corrected chi connectivity index (χ2v) is 6.18. The molecule has 1 saturated carbocycles. The van der Waals surface area contributed by atoms with E-state index >= 15 is 0 Å². The van der Waals surface area contributed by atoms with E-state index in [1.807, 2.05) is 11.8 Å². The summed E-state index contributed by atoms with van der Waals surface area (Å²) in [5.41, 5.74) is 5.85. The Morgan fingerprint density at radius 2 is 1.94 bits per heavy atom. The third-order valence-corrected chi connectivity index (χ3v) is 4.86. The second-order valence-electron chi connectivity index (χ2n) is 5.03. The molecule has 0 aromatic carbocycles. The van der Waals surface area contributed by atoms with Crippen molar-refractivity contribution in [1.29, 1.82) is 0 Å². The molecule has 0 aromatic heterocycles. The van der Waals surface area contributed by atoms with Crippen molar-refractivity contribution in [3.63, 3.8) is 0 Å². The van der Waals surface area contributed by atoms with Crippen LogP contribution in [0.1, 0.15) is 38.5 Å². The number of amides is 1. The predicted octanol–water partition coefficient (Wildman–Crippen LogP) is 1.52. The van der Waals surface area contributed by atoms with Gasteiger partial charge in [0, 0.05) is 23.8 Å². The maximum absolute atomic E-state index is 12.0. The molecule has 2 fully saturated rings. The zero-order valence-corrected chi connectivity index (χ0v) is 10.6. The standard InChI is InChI=1S/C12H22N2OS/c13-10-5-3-9(4-6-10)12(15)14-11-2-1-7-16-8-11/h9-11H,1-8,13H2,(H,14,15). The number of hydrogen-bond acceptors (Lipinski definition) is 3. The van der Waals surface area contributed by atoms with Gasteiger partial charge in [0.15, 0.2) is 0 Å². The molecule has 0 aromatic rings. The van der Waals surface area contributed by atoms with Crippen LogP contribution in [-0.2, 0) is 4.79 Å². The van der Waals surface area contributed by atoms with E-state index in [0.29, 0.717) is 12.1 Å². The van der Waals surface area contributed by atoms with Gasteiger partial charge in [0.2, 0.25) is 5.91 Å². The fraction of sp³-hybridized carbons (Fsp3) is 0.917. The van der Waals surface area contributed by atoms with Crippen LogP contribution in [0.2, 0.25) is 0 Å². The molecule has 3 nitrogen and oxygen atoms in total. The average molecular weight is 242 g/mol. The lowest BCUT2D eigenvalue weighted by Crippen LogP contribution is -2.43. The van der Waals surface area contributed by atoms with E-state index in [1.165, 1.54) is 12.2 Å². The largest absolute Gasteiger partial charge is 0.352 e. The zero-order chi connectivity index (χ0) is 11.4. The Labute approximate surface area is 102 Å². The smallest absolute Gasteiger partial charge is 0.223 e. The van der Waals surface area contributed by atoms with Crippen molar-refractivity contribution >= 4 is 17.7 Å². The van der Waals surface area contributed by atoms with Gasteiger partial charge in [0.1, 0.15) is 0 Å². The summed E-state index contributed by atoms with van der Waals surface area (Å²) in [4.78, 5) is 12.0. The van der Waals surface area contributed by atoms with Gasteiger partial charge in [-0.25, -0.2) is 0 Å². The predicted molar refractivity (Wildman–Crippen MR) is 68.4 cm³/mol. The molecule has 1 atom stereocenters. The minimum Gasteiger partial charge on any atom is -0.352 e. The van der Waals surface area contributed by atoms with Crippen LogP contribution < -0.4 is 11.1 Å². The number of rotatable bonds is 2. The van der Waals surface area contributed by atoms with Crippen molar-refractivity contribution in [2.75, 3.05) is 11.5 Å². The molecule has 0 spiro atoms. The van der Waals surface area contributed by atoms with Crippen LogP contribution in [0.15, 0.2) is 0 Å². The van der Waals surface area contributed by atoms with Gasteiger partial charge in [-0.3, -0.25) is 4.79 Å². The van der Waals surface area contributed by atoms with E-state index in [2.05, 4.69) is 5.32 Å². The van der Waals surface area contributed by atoms with Crippen molar-refractivity contribution < 1.29 is 4.79 Å². The Kier molecular flexibility index (Phi) is 4.53. The summed E-state index contributed by atoms with van der Waals surface area (Å²) in [5.74, 6) is 2.86. The van der Waals surface area contributed by atoms with Crippen molar-refractivity contribution in [3.8, 4) is 0 Å². The molecule has 2 rings (SSSR count). The van der Waals surface area contributed by atoms with Crippen molar-refractivity contribution in [1.82, 2.24) is 5.32 Å². The molecule has 1 aliphatic carbocycles. The van der Waals surface area contributed by atoms with Crippen LogP contribution in [0.25, 0.3) is 0 Å². The maximum Gasteiger partial charge on any atom is 0.223 e. The van der Waals surface area contributed by atoms with Crippen LogP contribution in [0.3, 0.4) is 0 Å². The summed E-state index contributed by atoms with van der Waals surface area (Å²) < 4.78 is 0. The summed E-state index contributed by atoms with van der Waals surface area (Å²) in [6.45, 7) is 0. The molecule has 1 aliphatic heterocycles. The van der Waals surface area contributed by atoms with Gasteiger partial charge in [-0.1, -0.05) is 0 Å². The minimum atomic E-state index is 0.228. The van der Waals surface area contributed by atoms with Gasteiger partial charge < -0.3 is 11.1 Å². The summed E-state index contributed by atoms with van der Waals surface area (Å²) in [5, 5.41) is 3.20. The Morgan fingerprint density at radius 3 is 2.56 bits per heavy atom. The van der Waals surface area contributed by atoms with Crippen molar-refractivity contribution in [2.24, 2.45) is 11.7 Å². The maximum atomic E-state index is 12.0. The molecule has 4 heteroatoms. The lowest BCUT2D eigenvalue weighted by molar-refractivity contribution is -0.126. The van der Waals surface area contributed by atoms with Crippen molar-refractivity contribution in [2.45, 2.75) is 50.6 Å². The molecule has 0 bridgehead atoms. The van der Waals surface area contributed by atoms with Crippen molar-refractivity contribution in [3.05, 3.63) is 0 Å². The first kappa shape index (κ1) is 12.2. The SMILES string of the molecule is NC1CCC(C(=O)NC2CCCSC2)CC1. The number of carbonyl (C=O) groups is 1. The number of nitrogens with one attached hydrogen (secondary N) is 1. The molecule has 92 valence electrons. The van der Waals surface area contributed by atoms with E-state index in [9.17, 15) is 4.79 Å². The average Bonchev–Trinajstić information content (AvgIpc) is 2.31. The minimum absolute atomic E-state index is 0.228. The molecule has 2 aliphatic rings. The number of carbonyl (C=O) groups excluding carboxylic acids is 1. The van der Waals surface area contributed by atoms with Crippen LogP contribution in [0, 0.1) is 5.92 Å². The molecule has 1 saturated heterocycles. The quantitative estimate of drug-likeness (QED) is 0.772. The van der Waals surface area contributed by atoms with Gasteiger partial charge in [0.05, 0.1) is 0 Å². The van der Waals surface area contributed by atoms with Crippen LogP contribution in [-0.4, -0.2) is 29.5 Å². The fourth-order valence-electron chi connectivity index (χ4n) is 2.55. The molecule has 16 heavy (non-hydrogen) atoms. The highest BCUT2D eigenvalue weighted by molar-refractivity contribution is 7.99. The number of hydrogen-bond donors (Lipinski definition) is 2. The normalized spacial score (nSPS) is 35.7. The Hall–Kier alpha value is -0.220. The fourth-order valence-corrected chi connectivity index (χ4v) is 3.63. The summed E-state index contributed by atoms with van der Waals surface area (Å²) >= 11 is 1.96. The van der Waals surface area contributed by atoms with E-state index in [0.717, 1.165) is 37.9 Å². The summed E-state index contributed by atoms with van der Waals surface area (Å²) in [7, 11) is 0.